The number of rotatable bonds is 4. The number of nitrogens with one attached hydrogen (secondary N) is 1. The highest BCUT2D eigenvalue weighted by molar-refractivity contribution is 5.92. The molecule has 0 saturated carbocycles. The highest BCUT2D eigenvalue weighted by atomic mass is 16.5. The summed E-state index contributed by atoms with van der Waals surface area (Å²) in [7, 11) is 0. The molecule has 0 radical (unpaired) electrons. The van der Waals surface area contributed by atoms with Crippen LogP contribution >= 0.6 is 0 Å². The molecule has 0 aliphatic carbocycles. The lowest BCUT2D eigenvalue weighted by Crippen LogP contribution is -2.37. The van der Waals surface area contributed by atoms with Crippen molar-refractivity contribution >= 4 is 11.8 Å². The van der Waals surface area contributed by atoms with E-state index >= 15 is 0 Å². The lowest BCUT2D eigenvalue weighted by atomic mass is 10.2. The van der Waals surface area contributed by atoms with E-state index in [-0.39, 0.29) is 17.9 Å². The number of hydrogen-bond donors (Lipinski definition) is 1. The maximum Gasteiger partial charge on any atom is 0.276 e. The van der Waals surface area contributed by atoms with Crippen molar-refractivity contribution in [3.8, 4) is 0 Å². The summed E-state index contributed by atoms with van der Waals surface area (Å²) >= 11 is 0. The van der Waals surface area contributed by atoms with Gasteiger partial charge in [-0.3, -0.25) is 14.5 Å². The van der Waals surface area contributed by atoms with Gasteiger partial charge in [-0.25, -0.2) is 0 Å². The van der Waals surface area contributed by atoms with Crippen LogP contribution in [0.15, 0.2) is 10.6 Å². The first-order valence-corrected chi connectivity index (χ1v) is 7.94. The number of carbonyl (C=O) groups is 2. The maximum atomic E-state index is 12.4. The van der Waals surface area contributed by atoms with E-state index in [9.17, 15) is 9.59 Å². The predicted molar refractivity (Wildman–Crippen MR) is 80.7 cm³/mol. The van der Waals surface area contributed by atoms with Crippen molar-refractivity contribution in [2.24, 2.45) is 0 Å². The molecule has 3 heterocycles. The number of aromatic nitrogens is 1. The normalized spacial score (nSPS) is 22.3. The molecule has 2 aliphatic rings. The zero-order valence-corrected chi connectivity index (χ0v) is 13.3. The van der Waals surface area contributed by atoms with Gasteiger partial charge in [-0.2, -0.15) is 0 Å². The molecule has 23 heavy (non-hydrogen) atoms. The van der Waals surface area contributed by atoms with Gasteiger partial charge in [-0.05, 0) is 6.42 Å². The van der Waals surface area contributed by atoms with E-state index in [0.717, 1.165) is 32.7 Å². The largest absolute Gasteiger partial charge is 0.379 e. The second kappa shape index (κ2) is 7.10. The zero-order chi connectivity index (χ0) is 16.2. The summed E-state index contributed by atoms with van der Waals surface area (Å²) in [5.41, 5.74) is 0.330. The lowest BCUT2D eigenvalue weighted by Gasteiger charge is -2.25. The number of morpholine rings is 1. The molecule has 0 aromatic carbocycles. The first-order valence-electron chi connectivity index (χ1n) is 7.94. The quantitative estimate of drug-likeness (QED) is 0.830. The summed E-state index contributed by atoms with van der Waals surface area (Å²) in [5, 5.41) is 6.74. The van der Waals surface area contributed by atoms with Crippen LogP contribution in [0.5, 0.6) is 0 Å². The molecule has 8 heteroatoms. The summed E-state index contributed by atoms with van der Waals surface area (Å²) in [4.78, 5) is 27.4. The van der Waals surface area contributed by atoms with Crippen molar-refractivity contribution in [3.05, 3.63) is 17.5 Å². The van der Waals surface area contributed by atoms with E-state index in [2.05, 4.69) is 15.4 Å². The van der Waals surface area contributed by atoms with E-state index in [1.807, 2.05) is 0 Å². The van der Waals surface area contributed by atoms with Gasteiger partial charge in [0.05, 0.1) is 19.8 Å². The van der Waals surface area contributed by atoms with E-state index in [0.29, 0.717) is 31.1 Å². The molecule has 2 fully saturated rings. The minimum absolute atomic E-state index is 0.0242. The molecule has 3 rings (SSSR count). The van der Waals surface area contributed by atoms with Crippen molar-refractivity contribution in [1.29, 1.82) is 0 Å². The van der Waals surface area contributed by atoms with Crippen LogP contribution in [-0.2, 0) is 16.1 Å². The van der Waals surface area contributed by atoms with E-state index < -0.39 is 0 Å². The van der Waals surface area contributed by atoms with Gasteiger partial charge < -0.3 is 19.5 Å². The summed E-state index contributed by atoms with van der Waals surface area (Å²) < 4.78 is 10.6. The Morgan fingerprint density at radius 2 is 2.13 bits per heavy atom. The molecular weight excluding hydrogens is 300 g/mol. The van der Waals surface area contributed by atoms with Gasteiger partial charge >= 0.3 is 0 Å². The molecule has 1 N–H and O–H groups in total. The molecule has 0 bridgehead atoms. The summed E-state index contributed by atoms with van der Waals surface area (Å²) in [6.45, 7) is 6.41. The van der Waals surface area contributed by atoms with Crippen molar-refractivity contribution in [2.45, 2.75) is 25.9 Å². The van der Waals surface area contributed by atoms with Crippen LogP contribution in [0.4, 0.5) is 0 Å². The maximum absolute atomic E-state index is 12.4. The van der Waals surface area contributed by atoms with Gasteiger partial charge in [0.15, 0.2) is 11.5 Å². The number of ether oxygens (including phenoxy) is 1. The number of likely N-dealkylation sites (tertiary alicyclic amines) is 1. The Bertz CT molecular complexity index is 568. The Labute approximate surface area is 134 Å². The fraction of sp³-hybridized carbons (Fsp3) is 0.667. The van der Waals surface area contributed by atoms with Gasteiger partial charge in [0.1, 0.15) is 0 Å². The molecule has 2 aliphatic heterocycles. The fourth-order valence-electron chi connectivity index (χ4n) is 2.98. The molecule has 1 aromatic heterocycles. The van der Waals surface area contributed by atoms with Gasteiger partial charge in [0.2, 0.25) is 5.91 Å². The Kier molecular flexibility index (Phi) is 4.92. The van der Waals surface area contributed by atoms with Crippen LogP contribution < -0.4 is 5.32 Å². The van der Waals surface area contributed by atoms with Gasteiger partial charge in [0.25, 0.3) is 5.91 Å². The summed E-state index contributed by atoms with van der Waals surface area (Å²) in [6.07, 6.45) is 0.768. The number of nitrogens with zero attached hydrogens (tertiary/aromatic N) is 3. The van der Waals surface area contributed by atoms with Gasteiger partial charge in [0, 0.05) is 45.2 Å². The van der Waals surface area contributed by atoms with Crippen molar-refractivity contribution in [3.63, 3.8) is 0 Å². The molecule has 1 atom stereocenters. The minimum atomic E-state index is -0.144. The first-order chi connectivity index (χ1) is 11.1. The topological polar surface area (TPSA) is 87.9 Å². The monoisotopic (exact) mass is 322 g/mol. The average molecular weight is 322 g/mol. The van der Waals surface area contributed by atoms with Crippen LogP contribution in [-0.4, -0.2) is 72.2 Å². The molecule has 2 amide bonds. The number of amides is 2. The molecule has 126 valence electrons. The van der Waals surface area contributed by atoms with Gasteiger partial charge in [-0.1, -0.05) is 5.16 Å². The van der Waals surface area contributed by atoms with E-state index in [1.165, 1.54) is 6.92 Å². The summed E-state index contributed by atoms with van der Waals surface area (Å²) in [6, 6.07) is 1.74. The zero-order valence-electron chi connectivity index (χ0n) is 13.3. The third-order valence-corrected chi connectivity index (χ3v) is 4.14. The van der Waals surface area contributed by atoms with Crippen molar-refractivity contribution in [1.82, 2.24) is 20.3 Å². The Morgan fingerprint density at radius 1 is 1.35 bits per heavy atom. The molecular formula is C15H22N4O4. The van der Waals surface area contributed by atoms with Crippen LogP contribution in [0, 0.1) is 0 Å². The molecule has 0 spiro atoms. The lowest BCUT2D eigenvalue weighted by molar-refractivity contribution is -0.119. The minimum Gasteiger partial charge on any atom is -0.379 e. The second-order valence-corrected chi connectivity index (χ2v) is 6.00. The Morgan fingerprint density at radius 3 is 2.87 bits per heavy atom. The van der Waals surface area contributed by atoms with Crippen LogP contribution in [0.2, 0.25) is 0 Å². The Balaban J connectivity index is 1.55. The third kappa shape index (κ3) is 4.08. The SMILES string of the molecule is CC(=O)N[C@H]1CCN(C(=O)c2cc(CN3CCOCC3)on2)C1. The predicted octanol–water partition coefficient (Wildman–Crippen LogP) is -0.143. The summed E-state index contributed by atoms with van der Waals surface area (Å²) in [5.74, 6) is 0.473. The van der Waals surface area contributed by atoms with Crippen LogP contribution in [0.3, 0.4) is 0 Å². The highest BCUT2D eigenvalue weighted by Gasteiger charge is 2.29. The standard InChI is InChI=1S/C15H22N4O4/c1-11(20)16-12-2-3-19(9-12)15(21)14-8-13(23-17-14)10-18-4-6-22-7-5-18/h8,12H,2-7,9-10H2,1H3,(H,16,20)/t12-/m0/s1. The van der Waals surface area contributed by atoms with Crippen LogP contribution in [0.1, 0.15) is 29.6 Å². The molecule has 1 aromatic rings. The van der Waals surface area contributed by atoms with Gasteiger partial charge in [-0.15, -0.1) is 0 Å². The fourth-order valence-corrected chi connectivity index (χ4v) is 2.98. The average Bonchev–Trinajstić information content (AvgIpc) is 3.17. The van der Waals surface area contributed by atoms with Crippen molar-refractivity contribution < 1.29 is 18.8 Å². The first kappa shape index (κ1) is 15.9. The smallest absolute Gasteiger partial charge is 0.276 e. The van der Waals surface area contributed by atoms with Crippen molar-refractivity contribution in [2.75, 3.05) is 39.4 Å². The Hall–Kier alpha value is -1.93. The highest BCUT2D eigenvalue weighted by Crippen LogP contribution is 2.15. The van der Waals surface area contributed by atoms with Crippen LogP contribution in [0.25, 0.3) is 0 Å². The third-order valence-electron chi connectivity index (χ3n) is 4.14. The molecule has 2 saturated heterocycles. The number of hydrogen-bond acceptors (Lipinski definition) is 6. The van der Waals surface area contributed by atoms with E-state index in [1.54, 1.807) is 11.0 Å². The molecule has 0 unspecified atom stereocenters. The van der Waals surface area contributed by atoms with E-state index in [4.69, 9.17) is 9.26 Å². The number of carbonyl (C=O) groups excluding carboxylic acids is 2. The molecule has 8 nitrogen and oxygen atoms in total. The second-order valence-electron chi connectivity index (χ2n) is 6.00.